The first kappa shape index (κ1) is 17.1. The van der Waals surface area contributed by atoms with Crippen LogP contribution in [-0.2, 0) is 17.6 Å². The Kier molecular flexibility index (Phi) is 4.66. The third-order valence-corrected chi connectivity index (χ3v) is 6.60. The molecule has 132 valence electrons. The molecule has 3 aromatic heterocycles. The van der Waals surface area contributed by atoms with Crippen LogP contribution in [0.1, 0.15) is 29.3 Å². The minimum Gasteiger partial charge on any atom is -0.316 e. The summed E-state index contributed by atoms with van der Waals surface area (Å²) in [6.07, 6.45) is 4.89. The van der Waals surface area contributed by atoms with Gasteiger partial charge in [0, 0.05) is 11.1 Å². The zero-order chi connectivity index (χ0) is 18.1. The number of carbonyl (C=O) groups is 1. The van der Waals surface area contributed by atoms with Gasteiger partial charge in [-0.2, -0.15) is 5.26 Å². The van der Waals surface area contributed by atoms with Crippen LogP contribution in [0.5, 0.6) is 0 Å². The molecular formula is C18H17N5OS2. The highest BCUT2D eigenvalue weighted by molar-refractivity contribution is 7.99. The van der Waals surface area contributed by atoms with Gasteiger partial charge in [0.15, 0.2) is 10.8 Å². The first-order valence-electron chi connectivity index (χ1n) is 8.42. The number of hydrogen-bond donors (Lipinski definition) is 1. The van der Waals surface area contributed by atoms with Crippen molar-refractivity contribution in [3.05, 3.63) is 40.4 Å². The third kappa shape index (κ3) is 3.20. The third-order valence-electron chi connectivity index (χ3n) is 4.49. The summed E-state index contributed by atoms with van der Waals surface area (Å²) in [5.41, 5.74) is 2.52. The molecule has 1 unspecified atom stereocenters. The lowest BCUT2D eigenvalue weighted by atomic mass is 9.89. The number of nitrogens with zero attached hydrogens (tertiary/aromatic N) is 4. The van der Waals surface area contributed by atoms with E-state index in [2.05, 4.69) is 28.5 Å². The Morgan fingerprint density at radius 3 is 3.23 bits per heavy atom. The van der Waals surface area contributed by atoms with Gasteiger partial charge in [-0.3, -0.25) is 9.20 Å². The molecule has 3 aromatic rings. The normalized spacial score (nSPS) is 16.2. The molecule has 0 saturated heterocycles. The fraction of sp³-hybridized carbons (Fsp3) is 0.333. The number of amides is 1. The van der Waals surface area contributed by atoms with E-state index in [1.165, 1.54) is 16.6 Å². The van der Waals surface area contributed by atoms with Crippen LogP contribution in [0.2, 0.25) is 0 Å². The van der Waals surface area contributed by atoms with Gasteiger partial charge in [-0.15, -0.1) is 21.5 Å². The van der Waals surface area contributed by atoms with Gasteiger partial charge in [0.25, 0.3) is 0 Å². The Balaban J connectivity index is 1.46. The van der Waals surface area contributed by atoms with Crippen LogP contribution in [0.3, 0.4) is 0 Å². The predicted molar refractivity (Wildman–Crippen MR) is 103 cm³/mol. The Hall–Kier alpha value is -2.37. The van der Waals surface area contributed by atoms with E-state index in [9.17, 15) is 10.1 Å². The van der Waals surface area contributed by atoms with Crippen LogP contribution < -0.4 is 5.32 Å². The van der Waals surface area contributed by atoms with Crippen molar-refractivity contribution in [2.45, 2.75) is 31.3 Å². The summed E-state index contributed by atoms with van der Waals surface area (Å²) in [5, 5.41) is 22.0. The fourth-order valence-electron chi connectivity index (χ4n) is 3.17. The van der Waals surface area contributed by atoms with Crippen LogP contribution in [0.25, 0.3) is 5.65 Å². The molecule has 1 atom stereocenters. The van der Waals surface area contributed by atoms with Crippen molar-refractivity contribution >= 4 is 39.7 Å². The van der Waals surface area contributed by atoms with Gasteiger partial charge >= 0.3 is 0 Å². The number of pyridine rings is 1. The average molecular weight is 384 g/mol. The summed E-state index contributed by atoms with van der Waals surface area (Å²) in [4.78, 5) is 13.6. The summed E-state index contributed by atoms with van der Waals surface area (Å²) in [6.45, 7) is 2.23. The van der Waals surface area contributed by atoms with E-state index in [0.29, 0.717) is 21.6 Å². The quantitative estimate of drug-likeness (QED) is 0.697. The van der Waals surface area contributed by atoms with Crippen molar-refractivity contribution in [1.82, 2.24) is 14.6 Å². The highest BCUT2D eigenvalue weighted by atomic mass is 32.2. The molecule has 1 N–H and O–H groups in total. The highest BCUT2D eigenvalue weighted by Crippen LogP contribution is 2.39. The number of rotatable bonds is 4. The molecule has 1 aliphatic rings. The Labute approximate surface area is 159 Å². The monoisotopic (exact) mass is 383 g/mol. The van der Waals surface area contributed by atoms with Crippen molar-refractivity contribution in [2.24, 2.45) is 5.92 Å². The minimum absolute atomic E-state index is 0.133. The second kappa shape index (κ2) is 7.09. The number of anilines is 1. The summed E-state index contributed by atoms with van der Waals surface area (Å²) < 4.78 is 1.85. The maximum absolute atomic E-state index is 12.4. The molecule has 1 amide bonds. The maximum atomic E-state index is 12.4. The molecule has 1 aliphatic carbocycles. The zero-order valence-corrected chi connectivity index (χ0v) is 15.9. The molecule has 8 heteroatoms. The second-order valence-corrected chi connectivity index (χ2v) is 8.46. The van der Waals surface area contributed by atoms with E-state index in [0.717, 1.165) is 30.5 Å². The molecular weight excluding hydrogens is 366 g/mol. The lowest BCUT2D eigenvalue weighted by Crippen LogP contribution is -2.14. The lowest BCUT2D eigenvalue weighted by molar-refractivity contribution is -0.113. The first-order chi connectivity index (χ1) is 12.7. The number of thioether (sulfide) groups is 1. The van der Waals surface area contributed by atoms with E-state index in [4.69, 9.17) is 0 Å². The van der Waals surface area contributed by atoms with Gasteiger partial charge in [-0.05, 0) is 42.9 Å². The van der Waals surface area contributed by atoms with Gasteiger partial charge in [0.1, 0.15) is 11.1 Å². The second-order valence-electron chi connectivity index (χ2n) is 6.42. The van der Waals surface area contributed by atoms with E-state index in [1.807, 2.05) is 28.8 Å². The molecule has 26 heavy (non-hydrogen) atoms. The van der Waals surface area contributed by atoms with Crippen LogP contribution in [0, 0.1) is 17.2 Å². The molecule has 6 nitrogen and oxygen atoms in total. The van der Waals surface area contributed by atoms with Gasteiger partial charge in [-0.25, -0.2) is 0 Å². The summed E-state index contributed by atoms with van der Waals surface area (Å²) in [5.74, 6) is 0.721. The summed E-state index contributed by atoms with van der Waals surface area (Å²) >= 11 is 2.88. The van der Waals surface area contributed by atoms with E-state index in [1.54, 1.807) is 11.3 Å². The maximum Gasteiger partial charge on any atom is 0.235 e. The van der Waals surface area contributed by atoms with Gasteiger partial charge in [-0.1, -0.05) is 24.8 Å². The van der Waals surface area contributed by atoms with Crippen LogP contribution in [-0.4, -0.2) is 26.3 Å². The molecule has 0 aromatic carbocycles. The average Bonchev–Trinajstić information content (AvgIpc) is 3.20. The molecule has 0 saturated carbocycles. The molecule has 0 fully saturated rings. The largest absolute Gasteiger partial charge is 0.316 e. The zero-order valence-electron chi connectivity index (χ0n) is 14.2. The molecule has 3 heterocycles. The van der Waals surface area contributed by atoms with Gasteiger partial charge in [0.05, 0.1) is 11.3 Å². The van der Waals surface area contributed by atoms with Crippen LogP contribution in [0.15, 0.2) is 29.6 Å². The van der Waals surface area contributed by atoms with Gasteiger partial charge < -0.3 is 5.32 Å². The molecule has 0 spiro atoms. The lowest BCUT2D eigenvalue weighted by Gasteiger charge is -2.17. The number of nitriles is 1. The van der Waals surface area contributed by atoms with Crippen molar-refractivity contribution < 1.29 is 4.79 Å². The number of aromatic nitrogens is 3. The minimum atomic E-state index is -0.133. The fourth-order valence-corrected chi connectivity index (χ4v) is 5.27. The van der Waals surface area contributed by atoms with Gasteiger partial charge in [0.2, 0.25) is 5.91 Å². The number of hydrogen-bond acceptors (Lipinski definition) is 6. The number of thiophene rings is 1. The molecule has 0 radical (unpaired) electrons. The number of nitrogens with one attached hydrogen (secondary N) is 1. The van der Waals surface area contributed by atoms with Crippen molar-refractivity contribution in [2.75, 3.05) is 11.1 Å². The SMILES string of the molecule is CC1CCc2c(sc(NC(=O)CSc3nnc4ccccn34)c2C#N)C1. The molecule has 0 bridgehead atoms. The number of fused-ring (bicyclic) bond motifs is 2. The molecule has 0 aliphatic heterocycles. The first-order valence-corrected chi connectivity index (χ1v) is 10.2. The van der Waals surface area contributed by atoms with Crippen LogP contribution >= 0.6 is 23.1 Å². The highest BCUT2D eigenvalue weighted by Gasteiger charge is 2.24. The van der Waals surface area contributed by atoms with E-state index < -0.39 is 0 Å². The van der Waals surface area contributed by atoms with Crippen molar-refractivity contribution in [3.8, 4) is 6.07 Å². The van der Waals surface area contributed by atoms with Crippen molar-refractivity contribution in [1.29, 1.82) is 5.26 Å². The Morgan fingerprint density at radius 1 is 1.50 bits per heavy atom. The Morgan fingerprint density at radius 2 is 2.38 bits per heavy atom. The van der Waals surface area contributed by atoms with E-state index in [-0.39, 0.29) is 11.7 Å². The van der Waals surface area contributed by atoms with Crippen molar-refractivity contribution in [3.63, 3.8) is 0 Å². The summed E-state index contributed by atoms with van der Waals surface area (Å²) in [7, 11) is 0. The molecule has 4 rings (SSSR count). The standard InChI is InChI=1S/C18H17N5OS2/c1-11-5-6-12-13(9-19)17(26-14(12)8-11)20-16(24)10-25-18-22-21-15-4-2-3-7-23(15)18/h2-4,7,11H,5-6,8,10H2,1H3,(H,20,24). The number of carbonyl (C=O) groups excluding carboxylic acids is 1. The smallest absolute Gasteiger partial charge is 0.235 e. The van der Waals surface area contributed by atoms with Crippen LogP contribution in [0.4, 0.5) is 5.00 Å². The topological polar surface area (TPSA) is 83.1 Å². The Bertz CT molecular complexity index is 1020. The van der Waals surface area contributed by atoms with E-state index >= 15 is 0 Å². The predicted octanol–water partition coefficient (Wildman–Crippen LogP) is 3.52. The summed E-state index contributed by atoms with van der Waals surface area (Å²) in [6, 6.07) is 7.95.